The Labute approximate surface area is 154 Å². The van der Waals surface area contributed by atoms with E-state index in [0.29, 0.717) is 5.69 Å². The normalized spacial score (nSPS) is 12.0. The van der Waals surface area contributed by atoms with Gasteiger partial charge < -0.3 is 5.32 Å². The fraction of sp³-hybridized carbons (Fsp3) is 0.286. The van der Waals surface area contributed by atoms with Crippen molar-refractivity contribution in [2.24, 2.45) is 7.05 Å². The van der Waals surface area contributed by atoms with Crippen LogP contribution in [0.4, 0.5) is 0 Å². The maximum Gasteiger partial charge on any atom is 0.270 e. The molecule has 5 nitrogen and oxygen atoms in total. The molecule has 0 aliphatic carbocycles. The number of hydrogen-bond donors (Lipinski definition) is 1. The predicted octanol–water partition coefficient (Wildman–Crippen LogP) is 3.60. The number of carbonyl (C=O) groups is 1. The van der Waals surface area contributed by atoms with Crippen LogP contribution in [0.25, 0.3) is 0 Å². The van der Waals surface area contributed by atoms with Gasteiger partial charge in [-0.15, -0.1) is 0 Å². The SMILES string of the molecule is CCCc1cc(C(=O)N[C@@H](c2ccncc2)c2ccccc2C)n(C)n1. The Morgan fingerprint density at radius 2 is 1.92 bits per heavy atom. The number of aromatic nitrogens is 3. The molecule has 0 spiro atoms. The molecule has 26 heavy (non-hydrogen) atoms. The first-order chi connectivity index (χ1) is 12.6. The molecule has 0 fully saturated rings. The van der Waals surface area contributed by atoms with Crippen molar-refractivity contribution in [3.05, 3.63) is 82.9 Å². The number of nitrogens with one attached hydrogen (secondary N) is 1. The van der Waals surface area contributed by atoms with Crippen molar-refractivity contribution in [2.75, 3.05) is 0 Å². The van der Waals surface area contributed by atoms with Crippen molar-refractivity contribution in [3.63, 3.8) is 0 Å². The van der Waals surface area contributed by atoms with Crippen LogP contribution in [0.3, 0.4) is 0 Å². The minimum Gasteiger partial charge on any atom is -0.340 e. The summed E-state index contributed by atoms with van der Waals surface area (Å²) in [4.78, 5) is 17.1. The van der Waals surface area contributed by atoms with Crippen LogP contribution in [0, 0.1) is 6.92 Å². The maximum absolute atomic E-state index is 13.0. The lowest BCUT2D eigenvalue weighted by atomic mass is 9.95. The molecule has 0 radical (unpaired) electrons. The van der Waals surface area contributed by atoms with Crippen LogP contribution in [0.5, 0.6) is 0 Å². The number of carbonyl (C=O) groups excluding carboxylic acids is 1. The summed E-state index contributed by atoms with van der Waals surface area (Å²) >= 11 is 0. The predicted molar refractivity (Wildman–Crippen MR) is 102 cm³/mol. The Bertz CT molecular complexity index is 886. The minimum absolute atomic E-state index is 0.132. The van der Waals surface area contributed by atoms with Gasteiger partial charge in [0, 0.05) is 19.4 Å². The third-order valence-electron chi connectivity index (χ3n) is 4.48. The zero-order chi connectivity index (χ0) is 18.5. The molecule has 2 aromatic heterocycles. The number of pyridine rings is 1. The monoisotopic (exact) mass is 348 g/mol. The van der Waals surface area contributed by atoms with E-state index in [1.807, 2.05) is 43.4 Å². The van der Waals surface area contributed by atoms with E-state index < -0.39 is 0 Å². The largest absolute Gasteiger partial charge is 0.340 e. The van der Waals surface area contributed by atoms with Crippen LogP contribution in [-0.2, 0) is 13.5 Å². The van der Waals surface area contributed by atoms with Crippen molar-refractivity contribution in [1.82, 2.24) is 20.1 Å². The fourth-order valence-electron chi connectivity index (χ4n) is 3.13. The maximum atomic E-state index is 13.0. The van der Waals surface area contributed by atoms with Crippen molar-refractivity contribution in [3.8, 4) is 0 Å². The molecule has 5 heteroatoms. The zero-order valence-corrected chi connectivity index (χ0v) is 15.4. The summed E-state index contributed by atoms with van der Waals surface area (Å²) in [6.45, 7) is 4.16. The third kappa shape index (κ3) is 3.82. The molecule has 3 rings (SSSR count). The first-order valence-corrected chi connectivity index (χ1v) is 8.89. The molecular formula is C21H24N4O. The molecule has 2 heterocycles. The quantitative estimate of drug-likeness (QED) is 0.740. The van der Waals surface area contributed by atoms with Crippen molar-refractivity contribution < 1.29 is 4.79 Å². The highest BCUT2D eigenvalue weighted by molar-refractivity contribution is 5.93. The topological polar surface area (TPSA) is 59.8 Å². The molecule has 3 aromatic rings. The molecule has 1 N–H and O–H groups in total. The smallest absolute Gasteiger partial charge is 0.270 e. The standard InChI is InChI=1S/C21H24N4O/c1-4-7-17-14-19(25(3)24-17)21(26)23-20(16-10-12-22-13-11-16)18-9-6-5-8-15(18)2/h5-6,8-14,20H,4,7H2,1-3H3,(H,23,26)/t20-/m0/s1. The molecule has 0 bridgehead atoms. The van der Waals surface area contributed by atoms with E-state index in [1.54, 1.807) is 17.1 Å². The number of rotatable bonds is 6. The van der Waals surface area contributed by atoms with Gasteiger partial charge in [0.25, 0.3) is 5.91 Å². The summed E-state index contributed by atoms with van der Waals surface area (Å²) in [5.74, 6) is -0.132. The highest BCUT2D eigenvalue weighted by Gasteiger charge is 2.21. The number of benzene rings is 1. The Morgan fingerprint density at radius 3 is 2.62 bits per heavy atom. The van der Waals surface area contributed by atoms with Gasteiger partial charge in [0.15, 0.2) is 0 Å². The summed E-state index contributed by atoms with van der Waals surface area (Å²) < 4.78 is 1.65. The second-order valence-corrected chi connectivity index (χ2v) is 6.44. The lowest BCUT2D eigenvalue weighted by Crippen LogP contribution is -2.31. The van der Waals surface area contributed by atoms with Crippen LogP contribution in [0.2, 0.25) is 0 Å². The van der Waals surface area contributed by atoms with Crippen LogP contribution < -0.4 is 5.32 Å². The average Bonchev–Trinajstić information content (AvgIpc) is 3.02. The van der Waals surface area contributed by atoms with E-state index >= 15 is 0 Å². The van der Waals surface area contributed by atoms with Gasteiger partial charge in [-0.3, -0.25) is 14.5 Å². The van der Waals surface area contributed by atoms with E-state index in [0.717, 1.165) is 35.2 Å². The summed E-state index contributed by atoms with van der Waals surface area (Å²) in [5.41, 5.74) is 4.71. The van der Waals surface area contributed by atoms with Crippen molar-refractivity contribution in [1.29, 1.82) is 0 Å². The lowest BCUT2D eigenvalue weighted by molar-refractivity contribution is 0.0933. The van der Waals surface area contributed by atoms with Crippen LogP contribution in [-0.4, -0.2) is 20.7 Å². The molecule has 0 saturated carbocycles. The van der Waals surface area contributed by atoms with Gasteiger partial charge in [0.2, 0.25) is 0 Å². The van der Waals surface area contributed by atoms with Crippen molar-refractivity contribution >= 4 is 5.91 Å². The number of hydrogen-bond acceptors (Lipinski definition) is 3. The van der Waals surface area contributed by atoms with E-state index in [9.17, 15) is 4.79 Å². The van der Waals surface area contributed by atoms with Gasteiger partial charge in [0.05, 0.1) is 11.7 Å². The molecule has 0 unspecified atom stereocenters. The van der Waals surface area contributed by atoms with Crippen LogP contribution >= 0.6 is 0 Å². The summed E-state index contributed by atoms with van der Waals surface area (Å²) in [5, 5.41) is 7.61. The fourth-order valence-corrected chi connectivity index (χ4v) is 3.13. The highest BCUT2D eigenvalue weighted by Crippen LogP contribution is 2.25. The minimum atomic E-state index is -0.240. The van der Waals surface area contributed by atoms with Crippen LogP contribution in [0.15, 0.2) is 54.9 Å². The Hall–Kier alpha value is -2.95. The molecule has 0 aliphatic rings. The second-order valence-electron chi connectivity index (χ2n) is 6.44. The van der Waals surface area contributed by atoms with Gasteiger partial charge >= 0.3 is 0 Å². The molecule has 134 valence electrons. The number of nitrogens with zero attached hydrogens (tertiary/aromatic N) is 3. The van der Waals surface area contributed by atoms with E-state index in [1.165, 1.54) is 0 Å². The summed E-state index contributed by atoms with van der Waals surface area (Å²) in [6, 6.07) is 13.6. The first kappa shape index (κ1) is 17.9. The average molecular weight is 348 g/mol. The Morgan fingerprint density at radius 1 is 1.19 bits per heavy atom. The first-order valence-electron chi connectivity index (χ1n) is 8.89. The van der Waals surface area contributed by atoms with Crippen LogP contribution in [0.1, 0.15) is 52.3 Å². The summed E-state index contributed by atoms with van der Waals surface area (Å²) in [7, 11) is 1.81. The van der Waals surface area contributed by atoms with Gasteiger partial charge in [0.1, 0.15) is 5.69 Å². The molecular weight excluding hydrogens is 324 g/mol. The van der Waals surface area contributed by atoms with E-state index in [-0.39, 0.29) is 11.9 Å². The highest BCUT2D eigenvalue weighted by atomic mass is 16.2. The van der Waals surface area contributed by atoms with E-state index in [4.69, 9.17) is 0 Å². The Kier molecular flexibility index (Phi) is 5.46. The van der Waals surface area contributed by atoms with Gasteiger partial charge in [-0.2, -0.15) is 5.10 Å². The zero-order valence-electron chi connectivity index (χ0n) is 15.4. The van der Waals surface area contributed by atoms with Gasteiger partial charge in [-0.25, -0.2) is 0 Å². The lowest BCUT2D eigenvalue weighted by Gasteiger charge is -2.21. The second kappa shape index (κ2) is 7.95. The number of amides is 1. The Balaban J connectivity index is 1.94. The molecule has 1 aromatic carbocycles. The number of aryl methyl sites for hydroxylation is 3. The van der Waals surface area contributed by atoms with Gasteiger partial charge in [-0.05, 0) is 48.2 Å². The summed E-state index contributed by atoms with van der Waals surface area (Å²) in [6.07, 6.45) is 5.36. The molecule has 0 aliphatic heterocycles. The molecule has 1 atom stereocenters. The molecule has 1 amide bonds. The van der Waals surface area contributed by atoms with Crippen molar-refractivity contribution in [2.45, 2.75) is 32.7 Å². The van der Waals surface area contributed by atoms with Gasteiger partial charge in [-0.1, -0.05) is 37.6 Å². The molecule has 0 saturated heterocycles. The van der Waals surface area contributed by atoms with E-state index in [2.05, 4.69) is 35.3 Å². The third-order valence-corrected chi connectivity index (χ3v) is 4.48.